The third-order valence-corrected chi connectivity index (χ3v) is 8.72. The minimum Gasteiger partial charge on any atom is -0.446 e. The van der Waals surface area contributed by atoms with Crippen molar-refractivity contribution in [3.05, 3.63) is 143 Å². The number of aryl methyl sites for hydroxylation is 4. The second-order valence-corrected chi connectivity index (χ2v) is 12.4. The number of epoxide rings is 1. The van der Waals surface area contributed by atoms with Gasteiger partial charge >= 0.3 is 0 Å². The molecule has 0 bridgehead atoms. The Balaban J connectivity index is 0.000000393. The van der Waals surface area contributed by atoms with Gasteiger partial charge in [-0.1, -0.05) is 86.6 Å². The van der Waals surface area contributed by atoms with Crippen LogP contribution in [0.4, 0.5) is 17.1 Å². The molecule has 0 radical (unpaired) electrons. The number of aliphatic hydroxyl groups excluding tert-OH is 1. The zero-order chi connectivity index (χ0) is 34.6. The lowest BCUT2D eigenvalue weighted by molar-refractivity contribution is -0.105. The predicted molar refractivity (Wildman–Crippen MR) is 221 cm³/mol. The van der Waals surface area contributed by atoms with Crippen LogP contribution in [0.25, 0.3) is 11.1 Å². The molecule has 0 spiro atoms. The number of nitrogens with one attached hydrogen (secondary N) is 3. The molecule has 1 amide bonds. The number of rotatable bonds is 14. The van der Waals surface area contributed by atoms with E-state index in [1.54, 1.807) is 0 Å². The second-order valence-electron chi connectivity index (χ2n) is 12.4. The van der Waals surface area contributed by atoms with Crippen LogP contribution in [0.1, 0.15) is 72.3 Å². The van der Waals surface area contributed by atoms with Crippen LogP contribution in [0.15, 0.2) is 109 Å². The molecular weight excluding hydrogens is 749 g/mol. The maximum Gasteiger partial charge on any atom is 0.211 e. The summed E-state index contributed by atoms with van der Waals surface area (Å²) in [6, 6.07) is 37.2. The van der Waals surface area contributed by atoms with Crippen molar-refractivity contribution < 1.29 is 19.4 Å². The van der Waals surface area contributed by atoms with E-state index < -0.39 is 6.10 Å². The van der Waals surface area contributed by atoms with Crippen molar-refractivity contribution in [1.29, 1.82) is 5.41 Å². The number of anilines is 3. The molecule has 8 heteroatoms. The molecule has 1 heterocycles. The molecule has 0 aliphatic carbocycles. The van der Waals surface area contributed by atoms with Crippen LogP contribution < -0.4 is 15.4 Å². The molecule has 51 heavy (non-hydrogen) atoms. The molecule has 2 atom stereocenters. The van der Waals surface area contributed by atoms with Gasteiger partial charge in [-0.15, -0.1) is 24.0 Å². The monoisotopic (exact) mass is 799 g/mol. The highest BCUT2D eigenvalue weighted by Gasteiger charge is 2.25. The highest BCUT2D eigenvalue weighted by Crippen LogP contribution is 2.32. The molecule has 5 aromatic carbocycles. The first-order chi connectivity index (χ1) is 23.8. The van der Waals surface area contributed by atoms with Gasteiger partial charge in [0.2, 0.25) is 6.41 Å². The van der Waals surface area contributed by atoms with Gasteiger partial charge in [0.15, 0.2) is 6.40 Å². The van der Waals surface area contributed by atoms with Gasteiger partial charge in [-0.3, -0.25) is 10.2 Å². The third-order valence-electron chi connectivity index (χ3n) is 8.72. The molecule has 0 unspecified atom stereocenters. The predicted octanol–water partition coefficient (Wildman–Crippen LogP) is 11.0. The highest BCUT2D eigenvalue weighted by molar-refractivity contribution is 14.0. The van der Waals surface area contributed by atoms with E-state index in [4.69, 9.17) is 14.9 Å². The fourth-order valence-electron chi connectivity index (χ4n) is 5.70. The topological polar surface area (TPSA) is 107 Å². The summed E-state index contributed by atoms with van der Waals surface area (Å²) in [6.45, 7) is 6.83. The van der Waals surface area contributed by atoms with Crippen LogP contribution >= 0.6 is 24.0 Å². The van der Waals surface area contributed by atoms with E-state index in [9.17, 15) is 9.90 Å². The highest BCUT2D eigenvalue weighted by atomic mass is 127. The van der Waals surface area contributed by atoms with Crippen LogP contribution in [0, 0.1) is 26.2 Å². The van der Waals surface area contributed by atoms with Gasteiger partial charge in [0.25, 0.3) is 0 Å². The molecular formula is C43H50IN3O4. The van der Waals surface area contributed by atoms with E-state index in [1.165, 1.54) is 22.3 Å². The molecule has 6 rings (SSSR count). The standard InChI is InChI=1S/C32H34N2O2.C10H11NO2.CH4.HI/c1-23-13-17-29(21-30(23)26-9-4-3-5-10-26)34-28-18-14-25(15-19-28)8-6-7-11-31(35)27-16-12-24(2)32(20-27)36-22-33;1-7-2-3-8(10-5-13-10)4-9(7)11-6-12;;/h3-5,9-10,12-22,31,33-35H,6-8,11H2,1-2H3;2-4,6,10H,5H2,1H3,(H,11,12);1H4;1H/t31-;10-;;/m00../s1. The second kappa shape index (κ2) is 20.4. The Bertz CT molecular complexity index is 1840. The maximum absolute atomic E-state index is 10.6. The smallest absolute Gasteiger partial charge is 0.211 e. The number of ether oxygens (including phenoxy) is 2. The average molecular weight is 800 g/mol. The lowest BCUT2D eigenvalue weighted by Gasteiger charge is -2.13. The fourth-order valence-corrected chi connectivity index (χ4v) is 5.70. The zero-order valence-electron chi connectivity index (χ0n) is 28.8. The minimum atomic E-state index is -0.527. The lowest BCUT2D eigenvalue weighted by atomic mass is 9.99. The Kier molecular flexibility index (Phi) is 16.3. The van der Waals surface area contributed by atoms with Crippen molar-refractivity contribution in [3.8, 4) is 16.9 Å². The van der Waals surface area contributed by atoms with Crippen molar-refractivity contribution in [2.45, 2.75) is 66.1 Å². The van der Waals surface area contributed by atoms with Gasteiger partial charge in [0, 0.05) is 17.1 Å². The van der Waals surface area contributed by atoms with E-state index in [0.29, 0.717) is 18.6 Å². The summed E-state index contributed by atoms with van der Waals surface area (Å²) in [6.07, 6.45) is 4.95. The van der Waals surface area contributed by atoms with Gasteiger partial charge in [0.05, 0.1) is 12.7 Å². The van der Waals surface area contributed by atoms with E-state index in [1.807, 2.05) is 56.3 Å². The summed E-state index contributed by atoms with van der Waals surface area (Å²) >= 11 is 0. The first-order valence-electron chi connectivity index (χ1n) is 16.7. The molecule has 1 fully saturated rings. The first kappa shape index (κ1) is 40.9. The molecule has 5 aromatic rings. The van der Waals surface area contributed by atoms with E-state index in [0.717, 1.165) is 71.6 Å². The Morgan fingerprint density at radius 2 is 1.55 bits per heavy atom. The third kappa shape index (κ3) is 12.1. The summed E-state index contributed by atoms with van der Waals surface area (Å²) in [4.78, 5) is 10.3. The number of amides is 1. The summed E-state index contributed by atoms with van der Waals surface area (Å²) in [5.74, 6) is 0.622. The van der Waals surface area contributed by atoms with Crippen LogP contribution in [-0.4, -0.2) is 24.5 Å². The SMILES string of the molecule is C.Cc1ccc([C@@H](O)CCCCc2ccc(Nc3ccc(C)c(-c4ccccc4)c3)cc2)cc1OC=N.Cc1ccc([C@@H]2CO2)cc1NC=O.I. The number of carbonyl (C=O) groups excluding carboxylic acids is 1. The van der Waals surface area contributed by atoms with Gasteiger partial charge in [-0.05, 0) is 121 Å². The maximum atomic E-state index is 10.6. The Labute approximate surface area is 320 Å². The molecule has 1 saturated heterocycles. The molecule has 1 aliphatic rings. The van der Waals surface area contributed by atoms with Gasteiger partial charge in [-0.2, -0.15) is 0 Å². The number of halogens is 1. The van der Waals surface area contributed by atoms with Crippen LogP contribution in [-0.2, 0) is 16.0 Å². The van der Waals surface area contributed by atoms with Crippen molar-refractivity contribution in [2.75, 3.05) is 17.2 Å². The largest absolute Gasteiger partial charge is 0.446 e. The Hall–Kier alpha value is -4.51. The van der Waals surface area contributed by atoms with Gasteiger partial charge < -0.3 is 25.2 Å². The van der Waals surface area contributed by atoms with E-state index >= 15 is 0 Å². The molecule has 7 nitrogen and oxygen atoms in total. The summed E-state index contributed by atoms with van der Waals surface area (Å²) in [5, 5.41) is 23.9. The van der Waals surface area contributed by atoms with E-state index in [2.05, 4.69) is 84.3 Å². The Morgan fingerprint density at radius 1 is 0.863 bits per heavy atom. The average Bonchev–Trinajstić information content (AvgIpc) is 3.97. The summed E-state index contributed by atoms with van der Waals surface area (Å²) in [7, 11) is 0. The van der Waals surface area contributed by atoms with Crippen molar-refractivity contribution in [2.24, 2.45) is 0 Å². The lowest BCUT2D eigenvalue weighted by Crippen LogP contribution is -2.00. The van der Waals surface area contributed by atoms with E-state index in [-0.39, 0.29) is 37.5 Å². The van der Waals surface area contributed by atoms with Gasteiger partial charge in [-0.25, -0.2) is 0 Å². The number of hydrogen-bond donors (Lipinski definition) is 4. The molecule has 0 saturated carbocycles. The van der Waals surface area contributed by atoms with Gasteiger partial charge in [0.1, 0.15) is 11.9 Å². The summed E-state index contributed by atoms with van der Waals surface area (Å²) < 4.78 is 10.4. The first-order valence-corrected chi connectivity index (χ1v) is 16.7. The number of unbranched alkanes of at least 4 members (excludes halogenated alkanes) is 1. The molecule has 0 aromatic heterocycles. The number of aliphatic hydroxyl groups is 1. The summed E-state index contributed by atoms with van der Waals surface area (Å²) in [5.41, 5.74) is 12.0. The van der Waals surface area contributed by atoms with Crippen molar-refractivity contribution in [3.63, 3.8) is 0 Å². The van der Waals surface area contributed by atoms with Crippen LogP contribution in [0.2, 0.25) is 0 Å². The molecule has 268 valence electrons. The van der Waals surface area contributed by atoms with Crippen molar-refractivity contribution >= 4 is 53.8 Å². The quantitative estimate of drug-likeness (QED) is 0.0223. The number of hydrogen-bond acceptors (Lipinski definition) is 6. The van der Waals surface area contributed by atoms with Crippen LogP contribution in [0.3, 0.4) is 0 Å². The number of carbonyl (C=O) groups is 1. The minimum absolute atomic E-state index is 0. The normalized spacial score (nSPS) is 13.2. The number of benzene rings is 5. The fraction of sp³-hybridized carbons (Fsp3) is 0.256. The molecule has 1 aliphatic heterocycles. The van der Waals surface area contributed by atoms with Crippen LogP contribution in [0.5, 0.6) is 5.75 Å². The van der Waals surface area contributed by atoms with Crippen molar-refractivity contribution in [1.82, 2.24) is 0 Å². The molecule has 4 N–H and O–H groups in total. The Morgan fingerprint density at radius 3 is 2.24 bits per heavy atom. The zero-order valence-corrected chi connectivity index (χ0v) is 31.1.